The predicted molar refractivity (Wildman–Crippen MR) is 144 cm³/mol. The number of aliphatic hydroxyl groups excluding tert-OH is 1. The summed E-state index contributed by atoms with van der Waals surface area (Å²) in [5.74, 6) is 1.73. The molecule has 194 valence electrons. The molecular weight excluding hydrogens is 482 g/mol. The number of anilines is 3. The van der Waals surface area contributed by atoms with Crippen molar-refractivity contribution in [3.05, 3.63) is 90.1 Å². The molecule has 5 rings (SSSR count). The highest BCUT2D eigenvalue weighted by Gasteiger charge is 2.43. The van der Waals surface area contributed by atoms with Crippen LogP contribution in [0.2, 0.25) is 0 Å². The molecule has 0 saturated carbocycles. The Hall–Kier alpha value is -4.57. The average molecular weight is 512 g/mol. The molecule has 0 fully saturated rings. The number of hydrogen-bond donors (Lipinski definition) is 3. The summed E-state index contributed by atoms with van der Waals surface area (Å²) < 4.78 is 5.66. The summed E-state index contributed by atoms with van der Waals surface area (Å²) in [5.41, 5.74) is 2.85. The van der Waals surface area contributed by atoms with Crippen LogP contribution in [0.3, 0.4) is 0 Å². The zero-order valence-electron chi connectivity index (χ0n) is 21.5. The number of aliphatic hydroxyl groups is 1. The fraction of sp³-hybridized carbons (Fsp3) is 0.250. The minimum absolute atomic E-state index is 0.0660. The third-order valence-corrected chi connectivity index (χ3v) is 6.57. The first kappa shape index (κ1) is 25.1. The molecule has 1 atom stereocenters. The van der Waals surface area contributed by atoms with Gasteiger partial charge in [0.1, 0.15) is 11.6 Å². The Kier molecular flexibility index (Phi) is 6.64. The van der Waals surface area contributed by atoms with Crippen molar-refractivity contribution in [1.82, 2.24) is 25.1 Å². The third kappa shape index (κ3) is 4.61. The first-order chi connectivity index (χ1) is 18.3. The van der Waals surface area contributed by atoms with Gasteiger partial charge in [-0.1, -0.05) is 36.4 Å². The normalized spacial score (nSPS) is 14.7. The van der Waals surface area contributed by atoms with Crippen molar-refractivity contribution in [3.8, 4) is 11.5 Å². The maximum atomic E-state index is 12.9. The van der Waals surface area contributed by atoms with E-state index >= 15 is 0 Å². The highest BCUT2D eigenvalue weighted by Crippen LogP contribution is 2.38. The van der Waals surface area contributed by atoms with Crippen molar-refractivity contribution in [2.75, 3.05) is 23.8 Å². The number of hydrogen-bond acceptors (Lipinski definition) is 9. The van der Waals surface area contributed by atoms with Crippen molar-refractivity contribution >= 4 is 23.2 Å². The molecule has 0 aliphatic carbocycles. The fourth-order valence-corrected chi connectivity index (χ4v) is 4.59. The molecule has 0 radical (unpaired) electrons. The Balaban J connectivity index is 1.49. The first-order valence-corrected chi connectivity index (χ1v) is 12.3. The number of rotatable bonds is 9. The van der Waals surface area contributed by atoms with Crippen LogP contribution in [0.1, 0.15) is 47.4 Å². The maximum Gasteiger partial charge on any atom is 0.256 e. The first-order valence-electron chi connectivity index (χ1n) is 12.3. The van der Waals surface area contributed by atoms with Crippen LogP contribution in [0.15, 0.2) is 71.8 Å². The summed E-state index contributed by atoms with van der Waals surface area (Å²) in [4.78, 5) is 24.0. The van der Waals surface area contributed by atoms with Gasteiger partial charge in [-0.05, 0) is 31.5 Å². The number of amides is 1. The molecule has 10 heteroatoms. The lowest BCUT2D eigenvalue weighted by atomic mass is 9.99. The molecule has 3 N–H and O–H groups in total. The van der Waals surface area contributed by atoms with E-state index < -0.39 is 5.54 Å². The van der Waals surface area contributed by atoms with E-state index in [0.717, 1.165) is 5.56 Å². The number of fused-ring (bicyclic) bond motifs is 1. The van der Waals surface area contributed by atoms with Crippen molar-refractivity contribution in [3.63, 3.8) is 0 Å². The molecular formula is C28H29N7O3. The molecule has 38 heavy (non-hydrogen) atoms. The van der Waals surface area contributed by atoms with Gasteiger partial charge >= 0.3 is 0 Å². The van der Waals surface area contributed by atoms with Crippen molar-refractivity contribution in [1.29, 1.82) is 0 Å². The molecule has 1 aliphatic rings. The highest BCUT2D eigenvalue weighted by molar-refractivity contribution is 5.99. The molecule has 0 saturated heterocycles. The Morgan fingerprint density at radius 2 is 1.92 bits per heavy atom. The summed E-state index contributed by atoms with van der Waals surface area (Å²) >= 11 is 0. The molecule has 1 aliphatic heterocycles. The van der Waals surface area contributed by atoms with E-state index in [2.05, 4.69) is 32.4 Å². The summed E-state index contributed by atoms with van der Waals surface area (Å²) in [7, 11) is 0. The summed E-state index contributed by atoms with van der Waals surface area (Å²) in [5, 5.41) is 24.9. The van der Waals surface area contributed by atoms with Gasteiger partial charge in [0.15, 0.2) is 0 Å². The van der Waals surface area contributed by atoms with E-state index in [4.69, 9.17) is 9.40 Å². The molecule has 4 aromatic rings. The lowest BCUT2D eigenvalue weighted by Crippen LogP contribution is -2.39. The van der Waals surface area contributed by atoms with E-state index in [9.17, 15) is 9.90 Å². The largest absolute Gasteiger partial charge is 0.421 e. The second kappa shape index (κ2) is 10.1. The smallest absolute Gasteiger partial charge is 0.256 e. The van der Waals surface area contributed by atoms with Crippen LogP contribution in [0.5, 0.6) is 0 Å². The van der Waals surface area contributed by atoms with Gasteiger partial charge in [0.2, 0.25) is 5.89 Å². The van der Waals surface area contributed by atoms with Gasteiger partial charge in [-0.2, -0.15) is 0 Å². The zero-order valence-corrected chi connectivity index (χ0v) is 21.5. The second-order valence-electron chi connectivity index (χ2n) is 9.51. The van der Waals surface area contributed by atoms with Gasteiger partial charge in [-0.3, -0.25) is 4.79 Å². The number of carbonyl (C=O) groups is 1. The molecule has 0 bridgehead atoms. The predicted octanol–water partition coefficient (Wildman–Crippen LogP) is 4.60. The topological polar surface area (TPSA) is 129 Å². The molecule has 1 amide bonds. The minimum Gasteiger partial charge on any atom is -0.421 e. The number of pyridine rings is 2. The Morgan fingerprint density at radius 1 is 1.13 bits per heavy atom. The summed E-state index contributed by atoms with van der Waals surface area (Å²) in [6, 6.07) is 14.6. The Labute approximate surface area is 220 Å². The zero-order chi connectivity index (χ0) is 26.9. The monoisotopic (exact) mass is 511 g/mol. The van der Waals surface area contributed by atoms with E-state index in [-0.39, 0.29) is 18.6 Å². The minimum atomic E-state index is -0.581. The van der Waals surface area contributed by atoms with E-state index in [1.807, 2.05) is 44.2 Å². The number of carbonyl (C=O) groups excluding carboxylic acids is 1. The molecule has 1 aromatic carbocycles. The number of nitrogens with zero attached hydrogens (tertiary/aromatic N) is 5. The summed E-state index contributed by atoms with van der Waals surface area (Å²) in [6.07, 6.45) is 3.34. The third-order valence-electron chi connectivity index (χ3n) is 6.57. The van der Waals surface area contributed by atoms with Crippen LogP contribution in [0.25, 0.3) is 11.5 Å². The van der Waals surface area contributed by atoms with Crippen LogP contribution < -0.4 is 10.6 Å². The lowest BCUT2D eigenvalue weighted by Gasteiger charge is -2.30. The number of benzene rings is 1. The SMILES string of the molecule is C=CCN1C(=O)c2ccc(Nc3cc(N[C@H](CO)c4ccccc4)c(-c4nnc(C)o4)cn3)nc2C1(C)C. The maximum absolute atomic E-state index is 12.9. The molecule has 3 aromatic heterocycles. The average Bonchev–Trinajstić information content (AvgIpc) is 3.43. The van der Waals surface area contributed by atoms with Crippen LogP contribution in [-0.4, -0.2) is 49.2 Å². The van der Waals surface area contributed by atoms with E-state index in [1.165, 1.54) is 0 Å². The fourth-order valence-electron chi connectivity index (χ4n) is 4.59. The molecule has 0 unspecified atom stereocenters. The highest BCUT2D eigenvalue weighted by atomic mass is 16.4. The van der Waals surface area contributed by atoms with Crippen molar-refractivity contribution < 1.29 is 14.3 Å². The molecule has 0 spiro atoms. The quantitative estimate of drug-likeness (QED) is 0.276. The van der Waals surface area contributed by atoms with Gasteiger partial charge in [0.25, 0.3) is 11.8 Å². The Morgan fingerprint density at radius 3 is 2.61 bits per heavy atom. The lowest BCUT2D eigenvalue weighted by molar-refractivity contribution is 0.0649. The van der Waals surface area contributed by atoms with Gasteiger partial charge < -0.3 is 25.1 Å². The Bertz CT molecular complexity index is 1480. The summed E-state index contributed by atoms with van der Waals surface area (Å²) in [6.45, 7) is 9.73. The van der Waals surface area contributed by atoms with Gasteiger partial charge in [-0.25, -0.2) is 9.97 Å². The number of aryl methyl sites for hydroxylation is 1. The van der Waals surface area contributed by atoms with Crippen LogP contribution in [-0.2, 0) is 5.54 Å². The van der Waals surface area contributed by atoms with Crippen LogP contribution in [0, 0.1) is 6.92 Å². The molecule has 4 heterocycles. The number of aromatic nitrogens is 4. The van der Waals surface area contributed by atoms with Gasteiger partial charge in [0.05, 0.1) is 40.7 Å². The van der Waals surface area contributed by atoms with Crippen LogP contribution in [0.4, 0.5) is 17.3 Å². The van der Waals surface area contributed by atoms with Crippen molar-refractivity contribution in [2.24, 2.45) is 0 Å². The van der Waals surface area contributed by atoms with Crippen molar-refractivity contribution in [2.45, 2.75) is 32.4 Å². The van der Waals surface area contributed by atoms with Crippen LogP contribution >= 0.6 is 0 Å². The van der Waals surface area contributed by atoms with E-state index in [1.54, 1.807) is 42.3 Å². The number of nitrogens with one attached hydrogen (secondary N) is 2. The second-order valence-corrected chi connectivity index (χ2v) is 9.51. The molecule has 10 nitrogen and oxygen atoms in total. The van der Waals surface area contributed by atoms with E-state index in [0.29, 0.717) is 52.5 Å². The standard InChI is InChI=1S/C28H29N7O3/c1-5-13-35-27(37)19-11-12-23(32-25(19)28(35,3)4)31-24-14-21(20(15-29-24)26-34-33-17(2)38-26)30-22(16-36)18-9-7-6-8-10-18/h5-12,14-15,22,36H,1,13,16H2,2-4H3,(H2,29,30,31,32)/t22-/m1/s1. The van der Waals surface area contributed by atoms with Gasteiger partial charge in [-0.15, -0.1) is 16.8 Å². The van der Waals surface area contributed by atoms with Gasteiger partial charge in [0, 0.05) is 25.7 Å².